The van der Waals surface area contributed by atoms with Crippen LogP contribution < -0.4 is 11.5 Å². The third-order valence-corrected chi connectivity index (χ3v) is 3.74. The summed E-state index contributed by atoms with van der Waals surface area (Å²) in [5.41, 5.74) is 10.8. The molecule has 5 N–H and O–H groups in total. The Bertz CT molecular complexity index is 248. The second-order valence-electron chi connectivity index (χ2n) is 3.70. The lowest BCUT2D eigenvalue weighted by molar-refractivity contribution is -0.139. The highest BCUT2D eigenvalue weighted by Gasteiger charge is 2.27. The highest BCUT2D eigenvalue weighted by atomic mass is 32.2. The first-order chi connectivity index (χ1) is 7.43. The molecular formula is C10H20N2O3S. The van der Waals surface area contributed by atoms with Gasteiger partial charge in [-0.2, -0.15) is 11.8 Å². The third-order valence-electron chi connectivity index (χ3n) is 2.32. The van der Waals surface area contributed by atoms with E-state index in [1.165, 1.54) is 11.8 Å². The minimum atomic E-state index is -1.03. The van der Waals surface area contributed by atoms with E-state index < -0.39 is 12.0 Å². The minimum Gasteiger partial charge on any atom is -0.480 e. The maximum Gasteiger partial charge on any atom is 0.320 e. The molecule has 0 bridgehead atoms. The highest BCUT2D eigenvalue weighted by Crippen LogP contribution is 2.23. The first-order valence-electron chi connectivity index (χ1n) is 5.26. The van der Waals surface area contributed by atoms with Gasteiger partial charge in [0, 0.05) is 0 Å². The van der Waals surface area contributed by atoms with E-state index in [2.05, 4.69) is 0 Å². The minimum absolute atomic E-state index is 0.00961. The number of Topliss-reactive ketones (excluding diaryl/α,β-unsaturated/α-hetero) is 1. The van der Waals surface area contributed by atoms with Gasteiger partial charge in [-0.05, 0) is 18.1 Å². The van der Waals surface area contributed by atoms with Crippen molar-refractivity contribution < 1.29 is 14.7 Å². The molecule has 0 rings (SSSR count). The van der Waals surface area contributed by atoms with Crippen molar-refractivity contribution in [1.82, 2.24) is 0 Å². The number of nitrogens with two attached hydrogens (primary N) is 2. The van der Waals surface area contributed by atoms with Crippen LogP contribution in [0, 0.1) is 5.92 Å². The molecule has 6 heteroatoms. The first-order valence-corrected chi connectivity index (χ1v) is 6.31. The van der Waals surface area contributed by atoms with E-state index in [0.717, 1.165) is 5.75 Å². The number of ketones is 1. The molecule has 0 saturated heterocycles. The van der Waals surface area contributed by atoms with Gasteiger partial charge in [0.25, 0.3) is 0 Å². The molecule has 0 aliphatic rings. The Kier molecular flexibility index (Phi) is 7.36. The lowest BCUT2D eigenvalue weighted by atomic mass is 9.96. The fraction of sp³-hybridized carbons (Fsp3) is 0.800. The van der Waals surface area contributed by atoms with Crippen molar-refractivity contribution in [3.8, 4) is 0 Å². The van der Waals surface area contributed by atoms with Crippen molar-refractivity contribution in [3.05, 3.63) is 0 Å². The van der Waals surface area contributed by atoms with Crippen molar-refractivity contribution in [2.75, 3.05) is 12.3 Å². The largest absolute Gasteiger partial charge is 0.480 e. The molecule has 0 saturated carbocycles. The molecule has 0 radical (unpaired) electrons. The Hall–Kier alpha value is -0.590. The molecule has 2 unspecified atom stereocenters. The van der Waals surface area contributed by atoms with Crippen LogP contribution >= 0.6 is 11.8 Å². The summed E-state index contributed by atoms with van der Waals surface area (Å²) in [4.78, 5) is 22.2. The molecule has 5 nitrogen and oxygen atoms in total. The first kappa shape index (κ1) is 15.4. The van der Waals surface area contributed by atoms with Gasteiger partial charge in [0.1, 0.15) is 6.04 Å². The van der Waals surface area contributed by atoms with Gasteiger partial charge in [-0.3, -0.25) is 9.59 Å². The Balaban J connectivity index is 4.43. The monoisotopic (exact) mass is 248 g/mol. The molecule has 94 valence electrons. The van der Waals surface area contributed by atoms with Gasteiger partial charge in [-0.1, -0.05) is 13.8 Å². The molecule has 0 aromatic heterocycles. The molecule has 0 aromatic carbocycles. The fourth-order valence-electron chi connectivity index (χ4n) is 1.50. The van der Waals surface area contributed by atoms with Gasteiger partial charge in [0.2, 0.25) is 0 Å². The average Bonchev–Trinajstić information content (AvgIpc) is 2.24. The van der Waals surface area contributed by atoms with Crippen molar-refractivity contribution in [1.29, 1.82) is 0 Å². The van der Waals surface area contributed by atoms with Crippen LogP contribution in [-0.2, 0) is 9.59 Å². The van der Waals surface area contributed by atoms with Gasteiger partial charge in [-0.15, -0.1) is 0 Å². The maximum atomic E-state index is 11.6. The van der Waals surface area contributed by atoms with Crippen LogP contribution in [0.1, 0.15) is 20.3 Å². The van der Waals surface area contributed by atoms with Crippen LogP contribution in [0.3, 0.4) is 0 Å². The molecule has 3 atom stereocenters. The van der Waals surface area contributed by atoms with E-state index in [1.807, 2.05) is 13.8 Å². The molecule has 0 heterocycles. The highest BCUT2D eigenvalue weighted by molar-refractivity contribution is 8.00. The number of carboxylic acids is 1. The summed E-state index contributed by atoms with van der Waals surface area (Å²) >= 11 is 1.49. The third kappa shape index (κ3) is 4.96. The summed E-state index contributed by atoms with van der Waals surface area (Å²) in [7, 11) is 0. The molecule has 0 spiro atoms. The SMILES string of the molecule is CCSC(C(=O)CN)C(C)C[C@H](N)C(=O)O. The zero-order chi connectivity index (χ0) is 12.7. The zero-order valence-corrected chi connectivity index (χ0v) is 10.5. The summed E-state index contributed by atoms with van der Waals surface area (Å²) in [5, 5.41) is 8.45. The standard InChI is InChI=1S/C10H20N2O3S/c1-3-16-9(8(13)5-11)6(2)4-7(12)10(14)15/h6-7,9H,3-5,11-12H2,1-2H3,(H,14,15)/t6?,7-,9?/m0/s1. The van der Waals surface area contributed by atoms with Gasteiger partial charge < -0.3 is 16.6 Å². The molecule has 0 aromatic rings. The van der Waals surface area contributed by atoms with Gasteiger partial charge in [0.05, 0.1) is 11.8 Å². The molecule has 0 amide bonds. The summed E-state index contributed by atoms with van der Waals surface area (Å²) in [6, 6.07) is -0.916. The molecule has 0 aliphatic heterocycles. The van der Waals surface area contributed by atoms with E-state index in [-0.39, 0.29) is 23.5 Å². The van der Waals surface area contributed by atoms with Crippen LogP contribution in [0.2, 0.25) is 0 Å². The maximum absolute atomic E-state index is 11.6. The molecule has 0 fully saturated rings. The summed E-state index contributed by atoms with van der Waals surface area (Å²) in [5.74, 6) is -0.361. The van der Waals surface area contributed by atoms with Crippen LogP contribution in [0.5, 0.6) is 0 Å². The quantitative estimate of drug-likeness (QED) is 0.561. The Labute approximate surface area is 99.9 Å². The number of carbonyl (C=O) groups excluding carboxylic acids is 1. The second-order valence-corrected chi connectivity index (χ2v) is 5.12. The number of carbonyl (C=O) groups is 2. The van der Waals surface area contributed by atoms with Crippen molar-refractivity contribution >= 4 is 23.5 Å². The molecule has 0 aliphatic carbocycles. The predicted molar refractivity (Wildman–Crippen MR) is 65.4 cm³/mol. The van der Waals surface area contributed by atoms with E-state index in [0.29, 0.717) is 6.42 Å². The average molecular weight is 248 g/mol. The topological polar surface area (TPSA) is 106 Å². The Morgan fingerprint density at radius 1 is 1.44 bits per heavy atom. The van der Waals surface area contributed by atoms with Crippen molar-refractivity contribution in [2.24, 2.45) is 17.4 Å². The van der Waals surface area contributed by atoms with Crippen LogP contribution in [0.15, 0.2) is 0 Å². The summed E-state index contributed by atoms with van der Waals surface area (Å²) in [6.07, 6.45) is 0.290. The zero-order valence-electron chi connectivity index (χ0n) is 9.68. The predicted octanol–water partition coefficient (Wildman–Crippen LogP) is 0.0740. The molecular weight excluding hydrogens is 228 g/mol. The van der Waals surface area contributed by atoms with Crippen molar-refractivity contribution in [3.63, 3.8) is 0 Å². The van der Waals surface area contributed by atoms with Gasteiger partial charge >= 0.3 is 5.97 Å². The summed E-state index contributed by atoms with van der Waals surface area (Å²) in [6.45, 7) is 3.78. The number of rotatable bonds is 8. The number of thioether (sulfide) groups is 1. The lowest BCUT2D eigenvalue weighted by Gasteiger charge is -2.22. The van der Waals surface area contributed by atoms with Crippen LogP contribution in [0.4, 0.5) is 0 Å². The van der Waals surface area contributed by atoms with E-state index >= 15 is 0 Å². The van der Waals surface area contributed by atoms with Crippen molar-refractivity contribution in [2.45, 2.75) is 31.6 Å². The fourth-order valence-corrected chi connectivity index (χ4v) is 2.58. The lowest BCUT2D eigenvalue weighted by Crippen LogP contribution is -2.38. The normalized spacial score (nSPS) is 16.5. The number of carboxylic acid groups (broad SMARTS) is 1. The van der Waals surface area contributed by atoms with E-state index in [1.54, 1.807) is 0 Å². The smallest absolute Gasteiger partial charge is 0.320 e. The van der Waals surface area contributed by atoms with E-state index in [9.17, 15) is 9.59 Å². The van der Waals surface area contributed by atoms with Crippen LogP contribution in [0.25, 0.3) is 0 Å². The molecule has 16 heavy (non-hydrogen) atoms. The second kappa shape index (κ2) is 7.65. The van der Waals surface area contributed by atoms with Crippen LogP contribution in [-0.4, -0.2) is 40.4 Å². The van der Waals surface area contributed by atoms with Gasteiger partial charge in [0.15, 0.2) is 5.78 Å². The van der Waals surface area contributed by atoms with Gasteiger partial charge in [-0.25, -0.2) is 0 Å². The van der Waals surface area contributed by atoms with E-state index in [4.69, 9.17) is 16.6 Å². The Morgan fingerprint density at radius 2 is 2.00 bits per heavy atom. The number of hydrogen-bond acceptors (Lipinski definition) is 5. The summed E-state index contributed by atoms with van der Waals surface area (Å²) < 4.78 is 0. The Morgan fingerprint density at radius 3 is 2.38 bits per heavy atom. The number of aliphatic carboxylic acids is 1. The number of hydrogen-bond donors (Lipinski definition) is 3.